The lowest BCUT2D eigenvalue weighted by molar-refractivity contribution is 0.0475. The first-order valence-electron chi connectivity index (χ1n) is 5.74. The Morgan fingerprint density at radius 1 is 1.17 bits per heavy atom. The molecule has 0 radical (unpaired) electrons. The van der Waals surface area contributed by atoms with Crippen molar-refractivity contribution in [2.24, 2.45) is 0 Å². The average molecular weight is 248 g/mol. The second-order valence-electron chi connectivity index (χ2n) is 3.57. The number of hydrogen-bond acceptors (Lipinski definition) is 4. The van der Waals surface area contributed by atoms with E-state index in [-0.39, 0.29) is 17.7 Å². The van der Waals surface area contributed by atoms with Crippen LogP contribution in [0.15, 0.2) is 36.9 Å². The summed E-state index contributed by atoms with van der Waals surface area (Å²) in [6.07, 6.45) is 2.20. The molecule has 0 amide bonds. The monoisotopic (exact) mass is 248 g/mol. The molecule has 0 spiro atoms. The van der Waals surface area contributed by atoms with Gasteiger partial charge in [0.25, 0.3) is 0 Å². The van der Waals surface area contributed by atoms with Gasteiger partial charge in [0.1, 0.15) is 6.61 Å². The second-order valence-corrected chi connectivity index (χ2v) is 3.57. The molecule has 1 rings (SSSR count). The number of benzene rings is 1. The molecule has 4 nitrogen and oxygen atoms in total. The van der Waals surface area contributed by atoms with E-state index in [1.165, 1.54) is 12.1 Å². The number of carbonyl (C=O) groups excluding carboxylic acids is 2. The van der Waals surface area contributed by atoms with Crippen molar-refractivity contribution in [3.63, 3.8) is 0 Å². The maximum atomic E-state index is 11.8. The Labute approximate surface area is 106 Å². The number of rotatable bonds is 6. The lowest BCUT2D eigenvalue weighted by Gasteiger charge is -2.08. The molecule has 96 valence electrons. The van der Waals surface area contributed by atoms with Crippen LogP contribution in [0.25, 0.3) is 0 Å². The lowest BCUT2D eigenvalue weighted by atomic mass is 10.1. The standard InChI is InChI=1S/C14H16O4/c1-3-9-17-13(15)11-7-5-6-8-12(11)14(16)18-10-4-2/h3,5-8H,1,4,9-10H2,2H3. The van der Waals surface area contributed by atoms with Crippen LogP contribution in [0.3, 0.4) is 0 Å². The molecule has 0 atom stereocenters. The summed E-state index contributed by atoms with van der Waals surface area (Å²) in [5, 5.41) is 0. The summed E-state index contributed by atoms with van der Waals surface area (Å²) < 4.78 is 9.91. The van der Waals surface area contributed by atoms with Crippen molar-refractivity contribution in [3.05, 3.63) is 48.0 Å². The van der Waals surface area contributed by atoms with Gasteiger partial charge in [-0.25, -0.2) is 9.59 Å². The molecule has 0 heterocycles. The van der Waals surface area contributed by atoms with Gasteiger partial charge in [0, 0.05) is 0 Å². The van der Waals surface area contributed by atoms with Crippen LogP contribution in [-0.2, 0) is 9.47 Å². The van der Waals surface area contributed by atoms with Crippen molar-refractivity contribution in [2.45, 2.75) is 13.3 Å². The highest BCUT2D eigenvalue weighted by molar-refractivity contribution is 6.03. The molecular formula is C14H16O4. The van der Waals surface area contributed by atoms with Gasteiger partial charge < -0.3 is 9.47 Å². The smallest absolute Gasteiger partial charge is 0.339 e. The predicted molar refractivity (Wildman–Crippen MR) is 67.5 cm³/mol. The first-order valence-corrected chi connectivity index (χ1v) is 5.74. The Morgan fingerprint density at radius 2 is 1.72 bits per heavy atom. The Bertz CT molecular complexity index is 437. The maximum Gasteiger partial charge on any atom is 0.339 e. The van der Waals surface area contributed by atoms with Crippen molar-refractivity contribution in [1.29, 1.82) is 0 Å². The van der Waals surface area contributed by atoms with Crippen molar-refractivity contribution < 1.29 is 19.1 Å². The van der Waals surface area contributed by atoms with E-state index < -0.39 is 11.9 Å². The van der Waals surface area contributed by atoms with Crippen molar-refractivity contribution in [2.75, 3.05) is 13.2 Å². The maximum absolute atomic E-state index is 11.8. The summed E-state index contributed by atoms with van der Waals surface area (Å²) in [7, 11) is 0. The van der Waals surface area contributed by atoms with Crippen LogP contribution in [0.4, 0.5) is 0 Å². The molecule has 0 fully saturated rings. The first-order chi connectivity index (χ1) is 8.70. The highest BCUT2D eigenvalue weighted by Crippen LogP contribution is 2.12. The van der Waals surface area contributed by atoms with Crippen LogP contribution in [0.1, 0.15) is 34.1 Å². The van der Waals surface area contributed by atoms with Crippen LogP contribution >= 0.6 is 0 Å². The minimum Gasteiger partial charge on any atom is -0.462 e. The van der Waals surface area contributed by atoms with Crippen molar-refractivity contribution in [1.82, 2.24) is 0 Å². The van der Waals surface area contributed by atoms with Crippen LogP contribution in [0.2, 0.25) is 0 Å². The average Bonchev–Trinajstić information content (AvgIpc) is 2.42. The van der Waals surface area contributed by atoms with Crippen LogP contribution < -0.4 is 0 Å². The Balaban J connectivity index is 2.88. The number of carbonyl (C=O) groups is 2. The van der Waals surface area contributed by atoms with Gasteiger partial charge >= 0.3 is 11.9 Å². The summed E-state index contributed by atoms with van der Waals surface area (Å²) in [5.41, 5.74) is 0.431. The van der Waals surface area contributed by atoms with Gasteiger partial charge in [0.15, 0.2) is 0 Å². The molecule has 1 aromatic carbocycles. The molecule has 0 aliphatic heterocycles. The molecule has 0 aliphatic rings. The van der Waals surface area contributed by atoms with Gasteiger partial charge in [-0.2, -0.15) is 0 Å². The number of esters is 2. The van der Waals surface area contributed by atoms with Crippen LogP contribution in [0.5, 0.6) is 0 Å². The minimum absolute atomic E-state index is 0.108. The molecule has 4 heteroatoms. The fraction of sp³-hybridized carbons (Fsp3) is 0.286. The third-order valence-electron chi connectivity index (χ3n) is 2.14. The molecule has 0 unspecified atom stereocenters. The van der Waals surface area contributed by atoms with E-state index in [0.29, 0.717) is 6.61 Å². The lowest BCUT2D eigenvalue weighted by Crippen LogP contribution is -2.14. The Kier molecular flexibility index (Phi) is 5.64. The third-order valence-corrected chi connectivity index (χ3v) is 2.14. The van der Waals surface area contributed by atoms with Crippen molar-refractivity contribution >= 4 is 11.9 Å². The van der Waals surface area contributed by atoms with E-state index in [1.807, 2.05) is 6.92 Å². The van der Waals surface area contributed by atoms with E-state index in [0.717, 1.165) is 6.42 Å². The molecular weight excluding hydrogens is 232 g/mol. The zero-order chi connectivity index (χ0) is 13.4. The normalized spacial score (nSPS) is 9.61. The fourth-order valence-corrected chi connectivity index (χ4v) is 1.32. The molecule has 0 bridgehead atoms. The summed E-state index contributed by atoms with van der Waals surface area (Å²) in [6.45, 7) is 5.79. The second kappa shape index (κ2) is 7.27. The molecule has 0 N–H and O–H groups in total. The number of ether oxygens (including phenoxy) is 2. The van der Waals surface area contributed by atoms with E-state index in [2.05, 4.69) is 6.58 Å². The molecule has 0 aliphatic carbocycles. The zero-order valence-electron chi connectivity index (χ0n) is 10.3. The predicted octanol–water partition coefficient (Wildman–Crippen LogP) is 2.60. The zero-order valence-corrected chi connectivity index (χ0v) is 10.3. The van der Waals surface area contributed by atoms with Gasteiger partial charge in [-0.1, -0.05) is 31.7 Å². The van der Waals surface area contributed by atoms with E-state index in [9.17, 15) is 9.59 Å². The summed E-state index contributed by atoms with van der Waals surface area (Å²) >= 11 is 0. The van der Waals surface area contributed by atoms with Crippen molar-refractivity contribution in [3.8, 4) is 0 Å². The summed E-state index contributed by atoms with van der Waals surface area (Å²) in [5.74, 6) is -1.07. The molecule has 0 saturated carbocycles. The van der Waals surface area contributed by atoms with E-state index in [1.54, 1.807) is 18.2 Å². The van der Waals surface area contributed by atoms with E-state index >= 15 is 0 Å². The van der Waals surface area contributed by atoms with Gasteiger partial charge in [-0.05, 0) is 18.6 Å². The van der Waals surface area contributed by atoms with Gasteiger partial charge in [0.05, 0.1) is 17.7 Å². The Hall–Kier alpha value is -2.10. The fourth-order valence-electron chi connectivity index (χ4n) is 1.32. The van der Waals surface area contributed by atoms with Crippen LogP contribution in [-0.4, -0.2) is 25.2 Å². The summed E-state index contributed by atoms with van der Waals surface area (Å²) in [4.78, 5) is 23.5. The number of hydrogen-bond donors (Lipinski definition) is 0. The van der Waals surface area contributed by atoms with Gasteiger partial charge in [-0.15, -0.1) is 0 Å². The highest BCUT2D eigenvalue weighted by atomic mass is 16.5. The minimum atomic E-state index is -0.557. The van der Waals surface area contributed by atoms with Crippen LogP contribution in [0, 0.1) is 0 Å². The van der Waals surface area contributed by atoms with Gasteiger partial charge in [0.2, 0.25) is 0 Å². The molecule has 18 heavy (non-hydrogen) atoms. The Morgan fingerprint density at radius 3 is 2.22 bits per heavy atom. The largest absolute Gasteiger partial charge is 0.462 e. The third kappa shape index (κ3) is 3.73. The SMILES string of the molecule is C=CCOC(=O)c1ccccc1C(=O)OCCC. The van der Waals surface area contributed by atoms with Gasteiger partial charge in [-0.3, -0.25) is 0 Å². The molecule has 0 saturated heterocycles. The summed E-state index contributed by atoms with van der Waals surface area (Å²) in [6, 6.07) is 6.42. The molecule has 1 aromatic rings. The molecule has 0 aromatic heterocycles. The topological polar surface area (TPSA) is 52.6 Å². The highest BCUT2D eigenvalue weighted by Gasteiger charge is 2.18. The van der Waals surface area contributed by atoms with E-state index in [4.69, 9.17) is 9.47 Å². The quantitative estimate of drug-likeness (QED) is 0.573. The first kappa shape index (κ1) is 14.0.